The summed E-state index contributed by atoms with van der Waals surface area (Å²) in [4.78, 5) is 0. The standard InChI is InChI=1S/C19H35NO3SSi/c1-14(2)8-9-17(23-25(5,6)7)20-16-12-15-10-11-19(16,18(15,3)4)13-24(20,21)22/h9,14-16H,8,10-13H2,1-7H3/b17-9-/t15-,16-,19-/m0/s1. The SMILES string of the molecule is CC(C)C/C=C(\O[Si](C)(C)C)N1[C@H]2C[C@@H]3CC[C@@]2(CS1(=O)=O)C3(C)C. The van der Waals surface area contributed by atoms with Crippen LogP contribution in [0.1, 0.15) is 53.4 Å². The third-order valence-corrected chi connectivity index (χ3v) is 9.54. The number of allylic oxidation sites excluding steroid dienone is 1. The van der Waals surface area contributed by atoms with Gasteiger partial charge >= 0.3 is 0 Å². The fourth-order valence-electron chi connectivity index (χ4n) is 5.41. The lowest BCUT2D eigenvalue weighted by molar-refractivity contribution is 0.108. The van der Waals surface area contributed by atoms with Gasteiger partial charge in [-0.05, 0) is 68.7 Å². The highest BCUT2D eigenvalue weighted by atomic mass is 32.2. The molecule has 0 N–H and O–H groups in total. The molecule has 3 aliphatic rings. The Bertz CT molecular complexity index is 677. The Morgan fingerprint density at radius 1 is 1.32 bits per heavy atom. The molecule has 0 radical (unpaired) electrons. The van der Waals surface area contributed by atoms with Gasteiger partial charge < -0.3 is 4.43 Å². The summed E-state index contributed by atoms with van der Waals surface area (Å²) in [6.45, 7) is 15.3. The van der Waals surface area contributed by atoms with Gasteiger partial charge in [-0.25, -0.2) is 12.7 Å². The molecule has 4 nitrogen and oxygen atoms in total. The molecule has 3 atom stereocenters. The average molecular weight is 386 g/mol. The molecule has 25 heavy (non-hydrogen) atoms. The molecule has 0 unspecified atom stereocenters. The van der Waals surface area contributed by atoms with E-state index in [4.69, 9.17) is 4.43 Å². The van der Waals surface area contributed by atoms with Gasteiger partial charge in [0.2, 0.25) is 18.3 Å². The van der Waals surface area contributed by atoms with Crippen molar-refractivity contribution in [2.45, 2.75) is 79.1 Å². The Kier molecular flexibility index (Phi) is 4.43. The first-order valence-corrected chi connectivity index (χ1v) is 14.7. The smallest absolute Gasteiger partial charge is 0.244 e. The van der Waals surface area contributed by atoms with Crippen molar-refractivity contribution in [3.63, 3.8) is 0 Å². The Hall–Kier alpha value is -0.493. The van der Waals surface area contributed by atoms with Crippen molar-refractivity contribution in [3.05, 3.63) is 12.0 Å². The van der Waals surface area contributed by atoms with Crippen molar-refractivity contribution in [1.82, 2.24) is 4.31 Å². The minimum Gasteiger partial charge on any atom is -0.532 e. The molecule has 1 heterocycles. The van der Waals surface area contributed by atoms with Crippen molar-refractivity contribution in [2.24, 2.45) is 22.7 Å². The van der Waals surface area contributed by atoms with Crippen LogP contribution in [0.15, 0.2) is 12.0 Å². The molecular formula is C19H35NO3SSi. The van der Waals surface area contributed by atoms with Crippen LogP contribution in [-0.4, -0.2) is 32.8 Å². The van der Waals surface area contributed by atoms with E-state index in [1.807, 2.05) is 6.08 Å². The molecule has 0 aromatic rings. The molecule has 3 rings (SSSR count). The van der Waals surface area contributed by atoms with Crippen molar-refractivity contribution >= 4 is 18.3 Å². The molecule has 0 aromatic carbocycles. The quantitative estimate of drug-likeness (QED) is 0.514. The first-order chi connectivity index (χ1) is 11.3. The Morgan fingerprint density at radius 3 is 2.48 bits per heavy atom. The fourth-order valence-corrected chi connectivity index (χ4v) is 8.84. The fraction of sp³-hybridized carbons (Fsp3) is 0.895. The molecule has 1 aliphatic heterocycles. The van der Waals surface area contributed by atoms with Gasteiger partial charge in [0.25, 0.3) is 0 Å². The van der Waals surface area contributed by atoms with E-state index in [2.05, 4.69) is 47.3 Å². The Balaban J connectivity index is 2.03. The summed E-state index contributed by atoms with van der Waals surface area (Å²) >= 11 is 0. The molecule has 2 aliphatic carbocycles. The van der Waals surface area contributed by atoms with E-state index >= 15 is 0 Å². The highest BCUT2D eigenvalue weighted by Crippen LogP contribution is 2.70. The number of fused-ring (bicyclic) bond motifs is 1. The van der Waals surface area contributed by atoms with Crippen LogP contribution in [0.4, 0.5) is 0 Å². The second-order valence-corrected chi connectivity index (χ2v) is 16.6. The average Bonchev–Trinajstić information content (AvgIpc) is 2.89. The van der Waals surface area contributed by atoms with Crippen molar-refractivity contribution < 1.29 is 12.8 Å². The first-order valence-electron chi connectivity index (χ1n) is 9.71. The zero-order valence-corrected chi connectivity index (χ0v) is 18.7. The molecule has 1 spiro atoms. The predicted molar refractivity (Wildman–Crippen MR) is 105 cm³/mol. The molecule has 144 valence electrons. The maximum Gasteiger partial charge on any atom is 0.244 e. The maximum absolute atomic E-state index is 13.2. The molecule has 0 aromatic heterocycles. The summed E-state index contributed by atoms with van der Waals surface area (Å²) in [5, 5.41) is 0. The molecule has 2 bridgehead atoms. The van der Waals surface area contributed by atoms with Gasteiger partial charge in [0, 0.05) is 5.41 Å². The van der Waals surface area contributed by atoms with E-state index in [9.17, 15) is 8.42 Å². The van der Waals surface area contributed by atoms with Gasteiger partial charge in [-0.1, -0.05) is 27.7 Å². The van der Waals surface area contributed by atoms with Crippen molar-refractivity contribution in [3.8, 4) is 0 Å². The zero-order chi connectivity index (χ0) is 18.8. The number of rotatable bonds is 5. The Labute approximate surface area is 155 Å². The van der Waals surface area contributed by atoms with Crippen LogP contribution in [0.2, 0.25) is 19.6 Å². The summed E-state index contributed by atoms with van der Waals surface area (Å²) in [7, 11) is -5.22. The number of nitrogens with zero attached hydrogens (tertiary/aromatic N) is 1. The normalized spacial score (nSPS) is 36.2. The Morgan fingerprint density at radius 2 is 1.96 bits per heavy atom. The van der Waals surface area contributed by atoms with E-state index in [0.717, 1.165) is 19.3 Å². The molecule has 0 amide bonds. The monoisotopic (exact) mass is 385 g/mol. The number of hydrogen-bond donors (Lipinski definition) is 0. The minimum atomic E-state index is -3.32. The van der Waals surface area contributed by atoms with Crippen LogP contribution >= 0.6 is 0 Å². The third kappa shape index (κ3) is 2.97. The van der Waals surface area contributed by atoms with Gasteiger partial charge in [0.15, 0.2) is 5.88 Å². The van der Waals surface area contributed by atoms with Crippen molar-refractivity contribution in [2.75, 3.05) is 5.75 Å². The van der Waals surface area contributed by atoms with Gasteiger partial charge in [-0.3, -0.25) is 0 Å². The van der Waals surface area contributed by atoms with Crippen molar-refractivity contribution in [1.29, 1.82) is 0 Å². The molecule has 6 heteroatoms. The molecular weight excluding hydrogens is 350 g/mol. The first kappa shape index (κ1) is 19.3. The van der Waals surface area contributed by atoms with E-state index in [1.54, 1.807) is 4.31 Å². The number of hydrogen-bond acceptors (Lipinski definition) is 3. The molecule has 1 saturated heterocycles. The minimum absolute atomic E-state index is 0.0843. The van der Waals surface area contributed by atoms with E-state index in [1.165, 1.54) is 6.42 Å². The molecule has 2 saturated carbocycles. The van der Waals surface area contributed by atoms with Gasteiger partial charge in [-0.15, -0.1) is 0 Å². The van der Waals surface area contributed by atoms with Gasteiger partial charge in [0.05, 0.1) is 11.8 Å². The second kappa shape index (κ2) is 5.75. The molecule has 3 fully saturated rings. The second-order valence-electron chi connectivity index (χ2n) is 10.3. The lowest BCUT2D eigenvalue weighted by atomic mass is 9.69. The highest BCUT2D eigenvalue weighted by Gasteiger charge is 2.72. The van der Waals surface area contributed by atoms with Gasteiger partial charge in [0.1, 0.15) is 0 Å². The number of sulfonamides is 1. The van der Waals surface area contributed by atoms with E-state index in [0.29, 0.717) is 23.5 Å². The third-order valence-electron chi connectivity index (χ3n) is 6.80. The van der Waals surface area contributed by atoms with E-state index in [-0.39, 0.29) is 16.9 Å². The van der Waals surface area contributed by atoms with Crippen LogP contribution in [0, 0.1) is 22.7 Å². The topological polar surface area (TPSA) is 46.6 Å². The lowest BCUT2D eigenvalue weighted by Crippen LogP contribution is -2.43. The van der Waals surface area contributed by atoms with Crippen LogP contribution in [0.25, 0.3) is 0 Å². The summed E-state index contributed by atoms with van der Waals surface area (Å²) in [6.07, 6.45) is 6.08. The summed E-state index contributed by atoms with van der Waals surface area (Å²) in [5.41, 5.74) is -0.00196. The summed E-state index contributed by atoms with van der Waals surface area (Å²) in [5.74, 6) is 2.03. The van der Waals surface area contributed by atoms with Crippen LogP contribution in [0.3, 0.4) is 0 Å². The van der Waals surface area contributed by atoms with Crippen LogP contribution < -0.4 is 0 Å². The summed E-state index contributed by atoms with van der Waals surface area (Å²) in [6, 6.07) is 0.0843. The maximum atomic E-state index is 13.2. The zero-order valence-electron chi connectivity index (χ0n) is 16.9. The largest absolute Gasteiger partial charge is 0.532 e. The summed E-state index contributed by atoms with van der Waals surface area (Å²) < 4.78 is 34.5. The van der Waals surface area contributed by atoms with Crippen LogP contribution in [0.5, 0.6) is 0 Å². The van der Waals surface area contributed by atoms with Crippen LogP contribution in [-0.2, 0) is 14.4 Å². The predicted octanol–water partition coefficient (Wildman–Crippen LogP) is 4.57. The van der Waals surface area contributed by atoms with Gasteiger partial charge in [-0.2, -0.15) is 0 Å². The highest BCUT2D eigenvalue weighted by molar-refractivity contribution is 7.89. The lowest BCUT2D eigenvalue weighted by Gasteiger charge is -2.38. The van der Waals surface area contributed by atoms with E-state index < -0.39 is 18.3 Å².